The van der Waals surface area contributed by atoms with Crippen LogP contribution in [-0.4, -0.2) is 23.4 Å². The molecule has 0 bridgehead atoms. The van der Waals surface area contributed by atoms with E-state index < -0.39 is 0 Å². The van der Waals surface area contributed by atoms with Gasteiger partial charge in [0, 0.05) is 17.3 Å². The van der Waals surface area contributed by atoms with Crippen molar-refractivity contribution in [3.63, 3.8) is 0 Å². The monoisotopic (exact) mass is 317 g/mol. The Bertz CT molecular complexity index is 680. The van der Waals surface area contributed by atoms with Gasteiger partial charge in [0.2, 0.25) is 5.91 Å². The number of alkyl halides is 1. The van der Waals surface area contributed by atoms with Crippen LogP contribution in [0.25, 0.3) is 10.8 Å². The second kappa shape index (κ2) is 6.57. The minimum absolute atomic E-state index is 0.0259. The van der Waals surface area contributed by atoms with Crippen molar-refractivity contribution in [3.05, 3.63) is 36.4 Å². The predicted octanol–water partition coefficient (Wildman–Crippen LogP) is 4.31. The predicted molar refractivity (Wildman–Crippen MR) is 90.6 cm³/mol. The Morgan fingerprint density at radius 2 is 1.82 bits per heavy atom. The van der Waals surface area contributed by atoms with Gasteiger partial charge in [-0.15, -0.1) is 11.6 Å². The number of nitrogens with zero attached hydrogens (tertiary/aromatic N) is 1. The lowest BCUT2D eigenvalue weighted by atomic mass is 10.0. The molecule has 1 saturated carbocycles. The maximum atomic E-state index is 12.4. The van der Waals surface area contributed by atoms with Crippen molar-refractivity contribution in [1.82, 2.24) is 0 Å². The number of benzene rings is 2. The average molecular weight is 318 g/mol. The molecule has 0 aromatic heterocycles. The van der Waals surface area contributed by atoms with Crippen LogP contribution in [0.4, 0.5) is 5.69 Å². The molecule has 0 atom stereocenters. The number of phenolic OH excluding ortho intramolecular Hbond substituents is 1. The summed E-state index contributed by atoms with van der Waals surface area (Å²) in [5, 5.41) is 11.7. The van der Waals surface area contributed by atoms with Crippen LogP contribution in [-0.2, 0) is 4.79 Å². The minimum atomic E-state index is -0.0793. The number of carbonyl (C=O) groups is 1. The third-order valence-electron chi connectivity index (χ3n) is 4.50. The molecule has 1 fully saturated rings. The van der Waals surface area contributed by atoms with Crippen LogP contribution in [0.1, 0.15) is 25.7 Å². The molecule has 3 nitrogen and oxygen atoms in total. The molecule has 1 aliphatic rings. The highest BCUT2D eigenvalue weighted by Gasteiger charge is 2.24. The quantitative estimate of drug-likeness (QED) is 0.854. The highest BCUT2D eigenvalue weighted by atomic mass is 35.5. The highest BCUT2D eigenvalue weighted by Crippen LogP contribution is 2.34. The molecule has 0 heterocycles. The van der Waals surface area contributed by atoms with Gasteiger partial charge in [-0.1, -0.05) is 37.1 Å². The number of halogens is 1. The van der Waals surface area contributed by atoms with Crippen molar-refractivity contribution in [1.29, 1.82) is 0 Å². The molecule has 1 amide bonds. The first-order chi connectivity index (χ1) is 10.7. The van der Waals surface area contributed by atoms with Gasteiger partial charge >= 0.3 is 0 Å². The summed E-state index contributed by atoms with van der Waals surface area (Å²) < 4.78 is 0. The molecule has 2 aromatic carbocycles. The van der Waals surface area contributed by atoms with Crippen LogP contribution in [0.3, 0.4) is 0 Å². The molecule has 1 aliphatic carbocycles. The molecule has 1 N–H and O–H groups in total. The fraction of sp³-hybridized carbons (Fsp3) is 0.389. The first kappa shape index (κ1) is 15.2. The van der Waals surface area contributed by atoms with Crippen molar-refractivity contribution in [3.8, 4) is 5.75 Å². The number of phenols is 1. The first-order valence-corrected chi connectivity index (χ1v) is 8.31. The number of rotatable bonds is 4. The standard InChI is InChI=1S/C18H20ClNO2/c19-11-18(22)20(12-13-5-1-2-6-13)16-9-3-8-15-14(16)7-4-10-17(15)21/h3-4,7-10,13,21H,1-2,5-6,11-12H2. The van der Waals surface area contributed by atoms with E-state index in [0.717, 1.165) is 16.5 Å². The van der Waals surface area contributed by atoms with E-state index in [0.29, 0.717) is 12.5 Å². The van der Waals surface area contributed by atoms with E-state index in [1.165, 1.54) is 25.7 Å². The Kier molecular flexibility index (Phi) is 4.53. The molecule has 3 rings (SSSR count). The summed E-state index contributed by atoms with van der Waals surface area (Å²) in [6.45, 7) is 0.709. The number of amides is 1. The number of hydrogen-bond donors (Lipinski definition) is 1. The van der Waals surface area contributed by atoms with Gasteiger partial charge in [0.15, 0.2) is 0 Å². The van der Waals surface area contributed by atoms with Crippen molar-refractivity contribution >= 4 is 34.0 Å². The Balaban J connectivity index is 2.03. The molecule has 4 heteroatoms. The van der Waals surface area contributed by atoms with E-state index in [1.54, 1.807) is 17.0 Å². The number of hydrogen-bond acceptors (Lipinski definition) is 2. The third-order valence-corrected chi connectivity index (χ3v) is 4.73. The highest BCUT2D eigenvalue weighted by molar-refractivity contribution is 6.29. The maximum absolute atomic E-state index is 12.4. The van der Waals surface area contributed by atoms with Crippen molar-refractivity contribution in [2.75, 3.05) is 17.3 Å². The number of aromatic hydroxyl groups is 1. The van der Waals surface area contributed by atoms with Gasteiger partial charge in [0.25, 0.3) is 0 Å². The number of anilines is 1. The summed E-state index contributed by atoms with van der Waals surface area (Å²) in [5.74, 6) is 0.671. The third kappa shape index (κ3) is 2.91. The second-order valence-corrected chi connectivity index (χ2v) is 6.21. The summed E-state index contributed by atoms with van der Waals surface area (Å²) in [6, 6.07) is 11.1. The van der Waals surface area contributed by atoms with Gasteiger partial charge in [-0.25, -0.2) is 0 Å². The molecule has 0 radical (unpaired) electrons. The zero-order valence-electron chi connectivity index (χ0n) is 12.5. The Morgan fingerprint density at radius 3 is 2.55 bits per heavy atom. The fourth-order valence-electron chi connectivity index (χ4n) is 3.37. The van der Waals surface area contributed by atoms with Gasteiger partial charge < -0.3 is 10.0 Å². The molecular weight excluding hydrogens is 298 g/mol. The summed E-state index contributed by atoms with van der Waals surface area (Å²) in [5.41, 5.74) is 0.839. The van der Waals surface area contributed by atoms with E-state index in [2.05, 4.69) is 0 Å². The van der Waals surface area contributed by atoms with E-state index in [-0.39, 0.29) is 17.5 Å². The molecule has 22 heavy (non-hydrogen) atoms. The molecule has 0 spiro atoms. The lowest BCUT2D eigenvalue weighted by molar-refractivity contribution is -0.116. The van der Waals surface area contributed by atoms with E-state index in [9.17, 15) is 9.90 Å². The van der Waals surface area contributed by atoms with E-state index >= 15 is 0 Å². The van der Waals surface area contributed by atoms with E-state index in [4.69, 9.17) is 11.6 Å². The molecule has 0 saturated heterocycles. The van der Waals surface area contributed by atoms with Gasteiger partial charge in [0.05, 0.1) is 5.69 Å². The SMILES string of the molecule is O=C(CCl)N(CC1CCCC1)c1cccc2c(O)cccc12. The first-order valence-electron chi connectivity index (χ1n) is 7.77. The van der Waals surface area contributed by atoms with Crippen LogP contribution in [0.15, 0.2) is 36.4 Å². The van der Waals surface area contributed by atoms with Crippen LogP contribution in [0.5, 0.6) is 5.75 Å². The molecule has 0 unspecified atom stereocenters. The number of fused-ring (bicyclic) bond motifs is 1. The summed E-state index contributed by atoms with van der Waals surface area (Å²) in [6.07, 6.45) is 4.82. The van der Waals surface area contributed by atoms with Gasteiger partial charge in [-0.3, -0.25) is 4.79 Å². The van der Waals surface area contributed by atoms with Crippen LogP contribution in [0.2, 0.25) is 0 Å². The Morgan fingerprint density at radius 1 is 1.14 bits per heavy atom. The van der Waals surface area contributed by atoms with Gasteiger partial charge in [0.1, 0.15) is 11.6 Å². The Labute approximate surface area is 135 Å². The number of carbonyl (C=O) groups excluding carboxylic acids is 1. The summed E-state index contributed by atoms with van der Waals surface area (Å²) >= 11 is 5.82. The normalized spacial score (nSPS) is 15.3. The largest absolute Gasteiger partial charge is 0.507 e. The zero-order chi connectivity index (χ0) is 15.5. The fourth-order valence-corrected chi connectivity index (χ4v) is 3.51. The Hall–Kier alpha value is -1.74. The summed E-state index contributed by atoms with van der Waals surface area (Å²) in [4.78, 5) is 14.2. The average Bonchev–Trinajstić information content (AvgIpc) is 3.05. The minimum Gasteiger partial charge on any atom is -0.507 e. The smallest absolute Gasteiger partial charge is 0.241 e. The van der Waals surface area contributed by atoms with Crippen molar-refractivity contribution in [2.45, 2.75) is 25.7 Å². The van der Waals surface area contributed by atoms with Crippen molar-refractivity contribution < 1.29 is 9.90 Å². The van der Waals surface area contributed by atoms with Crippen LogP contribution >= 0.6 is 11.6 Å². The van der Waals surface area contributed by atoms with Crippen molar-refractivity contribution in [2.24, 2.45) is 5.92 Å². The lowest BCUT2D eigenvalue weighted by Crippen LogP contribution is -2.35. The summed E-state index contributed by atoms with van der Waals surface area (Å²) in [7, 11) is 0. The van der Waals surface area contributed by atoms with Crippen LogP contribution < -0.4 is 4.90 Å². The lowest BCUT2D eigenvalue weighted by Gasteiger charge is -2.26. The van der Waals surface area contributed by atoms with Crippen LogP contribution in [0, 0.1) is 5.92 Å². The van der Waals surface area contributed by atoms with E-state index in [1.807, 2.05) is 24.3 Å². The zero-order valence-corrected chi connectivity index (χ0v) is 13.2. The van der Waals surface area contributed by atoms with Gasteiger partial charge in [-0.05, 0) is 30.9 Å². The molecule has 116 valence electrons. The van der Waals surface area contributed by atoms with Gasteiger partial charge in [-0.2, -0.15) is 0 Å². The molecular formula is C18H20ClNO2. The molecule has 0 aliphatic heterocycles. The second-order valence-electron chi connectivity index (χ2n) is 5.94. The molecule has 2 aromatic rings. The maximum Gasteiger partial charge on any atom is 0.241 e. The topological polar surface area (TPSA) is 40.5 Å².